The Labute approximate surface area is 186 Å². The van der Waals surface area contributed by atoms with Crippen LogP contribution in [0.2, 0.25) is 0 Å². The molecule has 2 rings (SSSR count). The first kappa shape index (κ1) is 23.9. The minimum Gasteiger partial charge on any atom is -0.352 e. The summed E-state index contributed by atoms with van der Waals surface area (Å²) in [7, 11) is 9.65. The Hall–Kier alpha value is -1.13. The lowest BCUT2D eigenvalue weighted by Gasteiger charge is -2.22. The number of benzene rings is 1. The van der Waals surface area contributed by atoms with E-state index in [2.05, 4.69) is 41.8 Å². The minimum atomic E-state index is -0.168. The third kappa shape index (κ3) is 7.08. The van der Waals surface area contributed by atoms with Crippen molar-refractivity contribution in [1.29, 1.82) is 0 Å². The molecular weight excluding hydrogens is 524 g/mol. The zero-order chi connectivity index (χ0) is 19.3. The fourth-order valence-electron chi connectivity index (χ4n) is 2.81. The van der Waals surface area contributed by atoms with E-state index in [4.69, 9.17) is 0 Å². The van der Waals surface area contributed by atoms with Crippen LogP contribution in [-0.4, -0.2) is 48.5 Å². The van der Waals surface area contributed by atoms with Crippen LogP contribution in [-0.2, 0) is 26.7 Å². The first-order valence-corrected chi connectivity index (χ1v) is 9.24. The number of guanidine groups is 1. The lowest BCUT2D eigenvalue weighted by atomic mass is 10.1. The van der Waals surface area contributed by atoms with Crippen molar-refractivity contribution >= 4 is 45.9 Å². The fourth-order valence-corrected chi connectivity index (χ4v) is 3.38. The number of aromatic nitrogens is 1. The highest BCUT2D eigenvalue weighted by Crippen LogP contribution is 2.15. The van der Waals surface area contributed by atoms with Gasteiger partial charge in [-0.3, -0.25) is 4.99 Å². The largest absolute Gasteiger partial charge is 0.352 e. The lowest BCUT2D eigenvalue weighted by molar-refractivity contribution is 0.392. The summed E-state index contributed by atoms with van der Waals surface area (Å²) in [6.07, 6.45) is 2.03. The average Bonchev–Trinajstić information content (AvgIpc) is 2.87. The van der Waals surface area contributed by atoms with Crippen LogP contribution in [0, 0.1) is 5.82 Å². The monoisotopic (exact) mass is 551 g/mol. The Balaban J connectivity index is 0.00000364. The van der Waals surface area contributed by atoms with Gasteiger partial charge in [-0.05, 0) is 53.8 Å². The van der Waals surface area contributed by atoms with Gasteiger partial charge >= 0.3 is 0 Å². The van der Waals surface area contributed by atoms with Crippen molar-refractivity contribution in [3.05, 3.63) is 57.6 Å². The van der Waals surface area contributed by atoms with Gasteiger partial charge in [-0.25, -0.2) is 4.39 Å². The Morgan fingerprint density at radius 1 is 1.22 bits per heavy atom. The predicted molar refractivity (Wildman–Crippen MR) is 124 cm³/mol. The van der Waals surface area contributed by atoms with Crippen LogP contribution in [0.15, 0.2) is 39.9 Å². The molecule has 1 N–H and O–H groups in total. The van der Waals surface area contributed by atoms with Gasteiger partial charge < -0.3 is 19.7 Å². The second kappa shape index (κ2) is 11.0. The normalized spacial score (nSPS) is 11.5. The number of halogens is 3. The van der Waals surface area contributed by atoms with Gasteiger partial charge in [0, 0.05) is 56.2 Å². The molecule has 27 heavy (non-hydrogen) atoms. The highest BCUT2D eigenvalue weighted by Gasteiger charge is 2.10. The van der Waals surface area contributed by atoms with E-state index in [0.29, 0.717) is 18.7 Å². The fraction of sp³-hybridized carbons (Fsp3) is 0.421. The summed E-state index contributed by atoms with van der Waals surface area (Å²) in [5, 5.41) is 3.35. The average molecular weight is 552 g/mol. The molecule has 1 aromatic carbocycles. The highest BCUT2D eigenvalue weighted by molar-refractivity contribution is 14.0. The van der Waals surface area contributed by atoms with Gasteiger partial charge in [0.2, 0.25) is 0 Å². The maximum Gasteiger partial charge on any atom is 0.194 e. The number of nitrogens with zero attached hydrogens (tertiary/aromatic N) is 4. The Morgan fingerprint density at radius 3 is 2.48 bits per heavy atom. The molecular formula is C19H28BrFIN5. The summed E-state index contributed by atoms with van der Waals surface area (Å²) in [4.78, 5) is 8.37. The number of rotatable bonds is 6. The second-order valence-corrected chi connectivity index (χ2v) is 7.60. The quantitative estimate of drug-likeness (QED) is 0.337. The molecule has 0 saturated heterocycles. The van der Waals surface area contributed by atoms with Crippen LogP contribution in [0.5, 0.6) is 0 Å². The maximum absolute atomic E-state index is 13.9. The molecule has 150 valence electrons. The Kier molecular flexibility index (Phi) is 9.75. The van der Waals surface area contributed by atoms with Crippen LogP contribution in [0.4, 0.5) is 4.39 Å². The zero-order valence-electron chi connectivity index (χ0n) is 16.5. The number of hydrogen-bond donors (Lipinski definition) is 1. The van der Waals surface area contributed by atoms with Gasteiger partial charge in [0.15, 0.2) is 5.96 Å². The summed E-state index contributed by atoms with van der Waals surface area (Å²) in [6, 6.07) is 7.34. The van der Waals surface area contributed by atoms with Crippen molar-refractivity contribution in [3.63, 3.8) is 0 Å². The molecule has 1 heterocycles. The maximum atomic E-state index is 13.9. The molecule has 0 amide bonds. The van der Waals surface area contributed by atoms with Gasteiger partial charge in [0.1, 0.15) is 5.82 Å². The van der Waals surface area contributed by atoms with Crippen LogP contribution in [0.25, 0.3) is 0 Å². The predicted octanol–water partition coefficient (Wildman–Crippen LogP) is 3.81. The van der Waals surface area contributed by atoms with E-state index in [9.17, 15) is 4.39 Å². The summed E-state index contributed by atoms with van der Waals surface area (Å²) in [5.74, 6) is 0.624. The smallest absolute Gasteiger partial charge is 0.194 e. The van der Waals surface area contributed by atoms with E-state index < -0.39 is 0 Å². The van der Waals surface area contributed by atoms with Crippen molar-refractivity contribution in [2.75, 3.05) is 28.2 Å². The molecule has 0 radical (unpaired) electrons. The molecule has 0 aliphatic rings. The van der Waals surface area contributed by atoms with Crippen molar-refractivity contribution < 1.29 is 4.39 Å². The zero-order valence-corrected chi connectivity index (χ0v) is 20.4. The summed E-state index contributed by atoms with van der Waals surface area (Å²) < 4.78 is 17.1. The highest BCUT2D eigenvalue weighted by atomic mass is 127. The third-order valence-corrected chi connectivity index (χ3v) is 4.53. The Bertz CT molecular complexity index is 775. The van der Waals surface area contributed by atoms with Crippen molar-refractivity contribution in [1.82, 2.24) is 19.7 Å². The molecule has 1 aromatic heterocycles. The third-order valence-electron chi connectivity index (χ3n) is 4.09. The molecule has 0 spiro atoms. The molecule has 0 fully saturated rings. The van der Waals surface area contributed by atoms with E-state index in [1.54, 1.807) is 7.05 Å². The molecule has 8 heteroatoms. The first-order valence-electron chi connectivity index (χ1n) is 8.44. The second-order valence-electron chi connectivity index (χ2n) is 6.68. The number of nitrogens with one attached hydrogen (secondary N) is 1. The molecule has 0 aliphatic heterocycles. The molecule has 0 aliphatic carbocycles. The standard InChI is InChI=1S/C19H27BrFN5.HI/c1-22-19(26(5)13-17-9-16(20)12-25(17)4)23-10-14-6-7-18(21)15(8-14)11-24(2)3;/h6-9,12H,10-11,13H2,1-5H3,(H,22,23);1H. The molecule has 2 aromatic rings. The van der Waals surface area contributed by atoms with Gasteiger partial charge in [0.05, 0.1) is 6.54 Å². The minimum absolute atomic E-state index is 0. The van der Waals surface area contributed by atoms with Crippen LogP contribution < -0.4 is 5.32 Å². The van der Waals surface area contributed by atoms with E-state index >= 15 is 0 Å². The molecule has 0 bridgehead atoms. The van der Waals surface area contributed by atoms with Crippen molar-refractivity contribution in [2.45, 2.75) is 19.6 Å². The van der Waals surface area contributed by atoms with Gasteiger partial charge in [-0.2, -0.15) is 0 Å². The summed E-state index contributed by atoms with van der Waals surface area (Å²) in [6.45, 7) is 1.91. The van der Waals surface area contributed by atoms with Crippen LogP contribution in [0.1, 0.15) is 16.8 Å². The van der Waals surface area contributed by atoms with Gasteiger partial charge in [-0.15, -0.1) is 24.0 Å². The number of hydrogen-bond acceptors (Lipinski definition) is 2. The van der Waals surface area contributed by atoms with E-state index in [0.717, 1.165) is 22.5 Å². The SMILES string of the molecule is CN=C(NCc1ccc(F)c(CN(C)C)c1)N(C)Cc1cc(Br)cn1C.I. The van der Waals surface area contributed by atoms with Crippen molar-refractivity contribution in [3.8, 4) is 0 Å². The van der Waals surface area contributed by atoms with E-state index in [1.165, 1.54) is 11.8 Å². The van der Waals surface area contributed by atoms with Crippen molar-refractivity contribution in [2.24, 2.45) is 12.0 Å². The lowest BCUT2D eigenvalue weighted by Crippen LogP contribution is -2.38. The van der Waals surface area contributed by atoms with Gasteiger partial charge in [-0.1, -0.05) is 6.07 Å². The molecule has 0 unspecified atom stereocenters. The summed E-state index contributed by atoms with van der Waals surface area (Å²) in [5.41, 5.74) is 2.91. The molecule has 0 atom stereocenters. The van der Waals surface area contributed by atoms with Gasteiger partial charge in [0.25, 0.3) is 0 Å². The summed E-state index contributed by atoms with van der Waals surface area (Å²) >= 11 is 3.50. The molecule has 0 saturated carbocycles. The number of aliphatic imine (C=N–C) groups is 1. The molecule has 5 nitrogen and oxygen atoms in total. The van der Waals surface area contributed by atoms with Crippen LogP contribution in [0.3, 0.4) is 0 Å². The number of aryl methyl sites for hydroxylation is 1. The van der Waals surface area contributed by atoms with Crippen LogP contribution >= 0.6 is 39.9 Å². The Morgan fingerprint density at radius 2 is 1.93 bits per heavy atom. The van der Waals surface area contributed by atoms with E-state index in [-0.39, 0.29) is 29.8 Å². The first-order chi connectivity index (χ1) is 12.3. The topological polar surface area (TPSA) is 35.8 Å². The van der Waals surface area contributed by atoms with E-state index in [1.807, 2.05) is 51.4 Å².